The second kappa shape index (κ2) is 1.53. The van der Waals surface area contributed by atoms with Crippen LogP contribution in [0.15, 0.2) is 29.5 Å². The van der Waals surface area contributed by atoms with Crippen molar-refractivity contribution >= 4 is 17.9 Å². The summed E-state index contributed by atoms with van der Waals surface area (Å²) in [6.07, 6.45) is 7.94. The van der Waals surface area contributed by atoms with Gasteiger partial charge in [0.05, 0.1) is 5.52 Å². The highest BCUT2D eigenvalue weighted by Gasteiger charge is 2.04. The molecule has 0 aliphatic carbocycles. The smallest absolute Gasteiger partial charge is 0.0545 e. The van der Waals surface area contributed by atoms with E-state index in [1.807, 2.05) is 18.5 Å². The Labute approximate surface area is 63.5 Å². The second-order valence-corrected chi connectivity index (χ2v) is 2.71. The van der Waals surface area contributed by atoms with Gasteiger partial charge >= 0.3 is 0 Å². The molecule has 0 amide bonds. The van der Waals surface area contributed by atoms with Crippen molar-refractivity contribution in [2.45, 2.75) is 0 Å². The van der Waals surface area contributed by atoms with Crippen LogP contribution in [-0.2, 0) is 0 Å². The van der Waals surface area contributed by atoms with E-state index in [-0.39, 0.29) is 0 Å². The summed E-state index contributed by atoms with van der Waals surface area (Å²) < 4.78 is 2.12. The van der Waals surface area contributed by atoms with E-state index in [4.69, 9.17) is 0 Å². The Morgan fingerprint density at radius 1 is 1.36 bits per heavy atom. The molecule has 0 saturated carbocycles. The molecule has 0 saturated heterocycles. The average molecular weight is 142 g/mol. The van der Waals surface area contributed by atoms with Crippen molar-refractivity contribution < 1.29 is 0 Å². The van der Waals surface area contributed by atoms with E-state index in [2.05, 4.69) is 27.9 Å². The van der Waals surface area contributed by atoms with Gasteiger partial charge in [-0.1, -0.05) is 0 Å². The van der Waals surface area contributed by atoms with E-state index >= 15 is 0 Å². The zero-order chi connectivity index (χ0) is 7.26. The van der Waals surface area contributed by atoms with E-state index < -0.39 is 0 Å². The zero-order valence-corrected chi connectivity index (χ0v) is 5.86. The molecule has 0 unspecified atom stereocenters. The Morgan fingerprint density at radius 3 is 3.36 bits per heavy atom. The number of nitrogens with zero attached hydrogens (tertiary/aromatic N) is 2. The fourth-order valence-electron chi connectivity index (χ4n) is 1.54. The lowest BCUT2D eigenvalue weighted by molar-refractivity contribution is 1.23. The summed E-state index contributed by atoms with van der Waals surface area (Å²) in [6.45, 7) is 0. The van der Waals surface area contributed by atoms with E-state index in [1.54, 1.807) is 0 Å². The van der Waals surface area contributed by atoms with Gasteiger partial charge in [-0.25, -0.2) is 0 Å². The van der Waals surface area contributed by atoms with E-state index in [9.17, 15) is 0 Å². The molecule has 0 aromatic carbocycles. The van der Waals surface area contributed by atoms with Gasteiger partial charge in [0.25, 0.3) is 0 Å². The van der Waals surface area contributed by atoms with Crippen LogP contribution in [0.3, 0.4) is 0 Å². The minimum absolute atomic E-state index is 1.22. The van der Waals surface area contributed by atoms with Crippen molar-refractivity contribution in [1.29, 1.82) is 0 Å². The molecule has 2 aromatic rings. The predicted octanol–water partition coefficient (Wildman–Crippen LogP) is 0.829. The van der Waals surface area contributed by atoms with Crippen molar-refractivity contribution in [3.05, 3.63) is 35.3 Å². The molecule has 1 aliphatic rings. The Bertz CT molecular complexity index is 491. The molecule has 2 aromatic heterocycles. The third-order valence-corrected chi connectivity index (χ3v) is 2.06. The van der Waals surface area contributed by atoms with Gasteiger partial charge in [-0.2, -0.15) is 0 Å². The first-order valence-electron chi connectivity index (χ1n) is 3.58. The standard InChI is InChI=1S/C9H6N2/c1-2-9-8-5-10-4-7(8)6-11(9)3-1/h1-6H. The first kappa shape index (κ1) is 5.13. The maximum atomic E-state index is 4.08. The Balaban J connectivity index is 2.68. The molecule has 0 atom stereocenters. The summed E-state index contributed by atoms with van der Waals surface area (Å²) in [7, 11) is 0. The van der Waals surface area contributed by atoms with Gasteiger partial charge in [0, 0.05) is 35.6 Å². The summed E-state index contributed by atoms with van der Waals surface area (Å²) in [5.74, 6) is 0. The summed E-state index contributed by atoms with van der Waals surface area (Å²) in [5.41, 5.74) is 2.47. The number of hydrogen-bond acceptors (Lipinski definition) is 1. The third kappa shape index (κ3) is 0.499. The highest BCUT2D eigenvalue weighted by atomic mass is 14.9. The topological polar surface area (TPSA) is 16.8 Å². The van der Waals surface area contributed by atoms with Crippen molar-refractivity contribution in [2.75, 3.05) is 0 Å². The SMILES string of the molecule is C1=NC=c2c1cn1cccc21. The van der Waals surface area contributed by atoms with Gasteiger partial charge in [-0.3, -0.25) is 4.99 Å². The molecule has 3 heterocycles. The lowest BCUT2D eigenvalue weighted by Crippen LogP contribution is -1.97. The minimum Gasteiger partial charge on any atom is -0.323 e. The van der Waals surface area contributed by atoms with Gasteiger partial charge < -0.3 is 4.40 Å². The monoisotopic (exact) mass is 142 g/mol. The number of fused-ring (bicyclic) bond motifs is 3. The molecule has 0 radical (unpaired) electrons. The number of aromatic nitrogens is 1. The molecule has 1 aliphatic heterocycles. The lowest BCUT2D eigenvalue weighted by atomic mass is 10.3. The molecule has 11 heavy (non-hydrogen) atoms. The Kier molecular flexibility index (Phi) is 0.714. The van der Waals surface area contributed by atoms with Crippen LogP contribution in [0.25, 0.3) is 11.7 Å². The molecule has 2 heteroatoms. The summed E-state index contributed by atoms with van der Waals surface area (Å²) in [6, 6.07) is 4.14. The van der Waals surface area contributed by atoms with E-state index in [0.717, 1.165) is 0 Å². The van der Waals surface area contributed by atoms with Gasteiger partial charge in [0.1, 0.15) is 0 Å². The van der Waals surface area contributed by atoms with Gasteiger partial charge in [-0.05, 0) is 12.1 Å². The van der Waals surface area contributed by atoms with E-state index in [1.165, 1.54) is 16.3 Å². The molecule has 3 rings (SSSR count). The van der Waals surface area contributed by atoms with Crippen LogP contribution in [0.1, 0.15) is 5.56 Å². The number of aliphatic imine (C=N–C) groups is 1. The summed E-state index contributed by atoms with van der Waals surface area (Å²) in [4.78, 5) is 4.08. The largest absolute Gasteiger partial charge is 0.323 e. The minimum atomic E-state index is 1.22. The van der Waals surface area contributed by atoms with Crippen LogP contribution in [0.5, 0.6) is 0 Å². The van der Waals surface area contributed by atoms with Crippen LogP contribution in [0.2, 0.25) is 0 Å². The lowest BCUT2D eigenvalue weighted by Gasteiger charge is -1.78. The molecular formula is C9H6N2. The quantitative estimate of drug-likeness (QED) is 0.518. The molecule has 0 spiro atoms. The van der Waals surface area contributed by atoms with Crippen LogP contribution in [0.4, 0.5) is 0 Å². The maximum Gasteiger partial charge on any atom is 0.0545 e. The van der Waals surface area contributed by atoms with E-state index in [0.29, 0.717) is 0 Å². The second-order valence-electron chi connectivity index (χ2n) is 2.71. The summed E-state index contributed by atoms with van der Waals surface area (Å²) in [5, 5.41) is 1.25. The Morgan fingerprint density at radius 2 is 2.36 bits per heavy atom. The molecule has 52 valence electrons. The molecule has 0 bridgehead atoms. The normalized spacial score (nSPS) is 13.8. The van der Waals surface area contributed by atoms with Crippen molar-refractivity contribution in [3.63, 3.8) is 0 Å². The number of hydrogen-bond donors (Lipinski definition) is 0. The molecular weight excluding hydrogens is 136 g/mol. The maximum absolute atomic E-state index is 4.08. The van der Waals surface area contributed by atoms with Crippen LogP contribution in [0, 0.1) is 0 Å². The van der Waals surface area contributed by atoms with Gasteiger partial charge in [-0.15, -0.1) is 0 Å². The van der Waals surface area contributed by atoms with Crippen molar-refractivity contribution in [2.24, 2.45) is 4.99 Å². The highest BCUT2D eigenvalue weighted by Crippen LogP contribution is 2.05. The molecule has 2 nitrogen and oxygen atoms in total. The zero-order valence-electron chi connectivity index (χ0n) is 5.86. The fraction of sp³-hybridized carbons (Fsp3) is 0. The van der Waals surface area contributed by atoms with Crippen molar-refractivity contribution in [3.8, 4) is 0 Å². The van der Waals surface area contributed by atoms with Crippen LogP contribution >= 0.6 is 0 Å². The predicted molar refractivity (Wildman–Crippen MR) is 44.7 cm³/mol. The van der Waals surface area contributed by atoms with Crippen LogP contribution < -0.4 is 5.22 Å². The first-order chi connectivity index (χ1) is 5.45. The Hall–Kier alpha value is -1.57. The van der Waals surface area contributed by atoms with Crippen LogP contribution in [-0.4, -0.2) is 10.6 Å². The van der Waals surface area contributed by atoms with Gasteiger partial charge in [0.2, 0.25) is 0 Å². The average Bonchev–Trinajstić information content (AvgIpc) is 2.52. The first-order valence-corrected chi connectivity index (χ1v) is 3.58. The highest BCUT2D eigenvalue weighted by molar-refractivity contribution is 5.88. The summed E-state index contributed by atoms with van der Waals surface area (Å²) >= 11 is 0. The number of rotatable bonds is 0. The fourth-order valence-corrected chi connectivity index (χ4v) is 1.54. The third-order valence-electron chi connectivity index (χ3n) is 2.06. The molecule has 0 N–H and O–H groups in total. The van der Waals surface area contributed by atoms with Crippen molar-refractivity contribution in [1.82, 2.24) is 4.40 Å². The molecule has 0 fully saturated rings. The van der Waals surface area contributed by atoms with Gasteiger partial charge in [0.15, 0.2) is 0 Å².